The molecule has 0 aromatic heterocycles. The third-order valence-corrected chi connectivity index (χ3v) is 11.5. The SMILES string of the molecule is CCCC/C=C/CCCCCCCCCCCC(=O)OC[C@H](COP(=O)([O-])OCC[N+](C)(C)C)OC(=O)CCCCCCCCCCCCCCCCCCCC. The second kappa shape index (κ2) is 40.2. The monoisotopic (exact) mass is 830 g/mol. The van der Waals surface area contributed by atoms with E-state index in [2.05, 4.69) is 26.0 Å². The van der Waals surface area contributed by atoms with Crippen molar-refractivity contribution < 1.29 is 42.1 Å². The average molecular weight is 830 g/mol. The number of likely N-dealkylation sites (N-methyl/N-ethyl adjacent to an activating group) is 1. The van der Waals surface area contributed by atoms with E-state index in [0.717, 1.165) is 32.1 Å². The van der Waals surface area contributed by atoms with E-state index in [-0.39, 0.29) is 32.0 Å². The molecule has 0 saturated carbocycles. The van der Waals surface area contributed by atoms with Crippen molar-refractivity contribution in [3.05, 3.63) is 12.2 Å². The molecule has 57 heavy (non-hydrogen) atoms. The molecule has 2 atom stereocenters. The minimum Gasteiger partial charge on any atom is -0.756 e. The number of nitrogens with zero attached hydrogens (tertiary/aromatic N) is 1. The number of ether oxygens (including phenoxy) is 2. The van der Waals surface area contributed by atoms with Gasteiger partial charge in [0.05, 0.1) is 27.7 Å². The number of phosphoric acid groups is 1. The first-order valence-electron chi connectivity index (χ1n) is 23.9. The molecule has 0 bridgehead atoms. The minimum absolute atomic E-state index is 0.0276. The summed E-state index contributed by atoms with van der Waals surface area (Å²) in [4.78, 5) is 37.6. The lowest BCUT2D eigenvalue weighted by atomic mass is 10.0. The van der Waals surface area contributed by atoms with Gasteiger partial charge in [-0.25, -0.2) is 0 Å². The quantitative estimate of drug-likeness (QED) is 0.0196. The van der Waals surface area contributed by atoms with Gasteiger partial charge in [0.2, 0.25) is 0 Å². The zero-order chi connectivity index (χ0) is 42.1. The number of carbonyl (C=O) groups is 2. The number of esters is 2. The van der Waals surface area contributed by atoms with E-state index in [9.17, 15) is 19.0 Å². The summed E-state index contributed by atoms with van der Waals surface area (Å²) < 4.78 is 34.0. The first-order valence-corrected chi connectivity index (χ1v) is 25.4. The Hall–Kier alpha value is -1.25. The number of carbonyl (C=O) groups excluding carboxylic acids is 2. The van der Waals surface area contributed by atoms with Gasteiger partial charge in [-0.15, -0.1) is 0 Å². The van der Waals surface area contributed by atoms with Crippen molar-refractivity contribution >= 4 is 19.8 Å². The first-order chi connectivity index (χ1) is 27.5. The van der Waals surface area contributed by atoms with Crippen LogP contribution in [0.25, 0.3) is 0 Å². The van der Waals surface area contributed by atoms with Crippen LogP contribution in [0.2, 0.25) is 0 Å². The van der Waals surface area contributed by atoms with Crippen LogP contribution in [-0.4, -0.2) is 70.0 Å². The highest BCUT2D eigenvalue weighted by molar-refractivity contribution is 7.45. The molecule has 0 aliphatic rings. The van der Waals surface area contributed by atoms with Gasteiger partial charge in [-0.05, 0) is 32.1 Å². The molecule has 0 saturated heterocycles. The van der Waals surface area contributed by atoms with Crippen molar-refractivity contribution in [2.24, 2.45) is 0 Å². The molecule has 0 N–H and O–H groups in total. The van der Waals surface area contributed by atoms with Gasteiger partial charge >= 0.3 is 11.9 Å². The molecule has 0 aliphatic heterocycles. The highest BCUT2D eigenvalue weighted by Gasteiger charge is 2.21. The van der Waals surface area contributed by atoms with Crippen LogP contribution in [0.15, 0.2) is 12.2 Å². The van der Waals surface area contributed by atoms with Gasteiger partial charge in [0.15, 0.2) is 6.10 Å². The van der Waals surface area contributed by atoms with Gasteiger partial charge in [-0.1, -0.05) is 193 Å². The predicted molar refractivity (Wildman–Crippen MR) is 236 cm³/mol. The Kier molecular flexibility index (Phi) is 39.3. The molecule has 338 valence electrons. The fraction of sp³-hybridized carbons (Fsp3) is 0.915. The molecule has 0 aromatic carbocycles. The molecule has 0 spiro atoms. The van der Waals surface area contributed by atoms with Crippen LogP contribution < -0.4 is 4.89 Å². The number of quaternary nitrogens is 1. The highest BCUT2D eigenvalue weighted by atomic mass is 31.2. The van der Waals surface area contributed by atoms with E-state index in [1.807, 2.05) is 21.1 Å². The van der Waals surface area contributed by atoms with E-state index in [0.29, 0.717) is 17.4 Å². The number of unbranched alkanes of at least 4 members (excludes halogenated alkanes) is 28. The number of hydrogen-bond donors (Lipinski definition) is 0. The van der Waals surface area contributed by atoms with E-state index in [1.165, 1.54) is 161 Å². The van der Waals surface area contributed by atoms with Crippen molar-refractivity contribution in [1.82, 2.24) is 0 Å². The molecule has 0 aliphatic carbocycles. The van der Waals surface area contributed by atoms with Crippen LogP contribution in [0.3, 0.4) is 0 Å². The van der Waals surface area contributed by atoms with Crippen LogP contribution in [0.5, 0.6) is 0 Å². The van der Waals surface area contributed by atoms with Gasteiger partial charge in [-0.3, -0.25) is 14.2 Å². The van der Waals surface area contributed by atoms with Crippen LogP contribution >= 0.6 is 7.82 Å². The standard InChI is InChI=1S/C47H92NO8P/c1-6-8-10-12-14-16-18-20-22-23-24-26-28-30-32-34-36-38-40-47(50)56-45(44-55-57(51,52)54-42-41-48(3,4)5)43-53-46(49)39-37-35-33-31-29-27-25-21-19-17-15-13-11-9-7-2/h13,15,45H,6-12,14,16-44H2,1-5H3/b15-13+/t45-/m1/s1. The zero-order valence-corrected chi connectivity index (χ0v) is 38.9. The Balaban J connectivity index is 4.26. The largest absolute Gasteiger partial charge is 0.756 e. The summed E-state index contributed by atoms with van der Waals surface area (Å²) in [6.45, 7) is 4.23. The lowest BCUT2D eigenvalue weighted by Crippen LogP contribution is -2.37. The van der Waals surface area contributed by atoms with Crippen molar-refractivity contribution in [3.63, 3.8) is 0 Å². The molecule has 1 unspecified atom stereocenters. The van der Waals surface area contributed by atoms with Crippen molar-refractivity contribution in [3.8, 4) is 0 Å². The van der Waals surface area contributed by atoms with Gasteiger partial charge < -0.3 is 27.9 Å². The van der Waals surface area contributed by atoms with Crippen molar-refractivity contribution in [2.45, 2.75) is 232 Å². The second-order valence-electron chi connectivity index (χ2n) is 17.5. The molecular formula is C47H92NO8P. The van der Waals surface area contributed by atoms with Gasteiger partial charge in [0.25, 0.3) is 7.82 Å². The van der Waals surface area contributed by atoms with Crippen LogP contribution in [0.1, 0.15) is 226 Å². The van der Waals surface area contributed by atoms with E-state index in [4.69, 9.17) is 18.5 Å². The lowest BCUT2D eigenvalue weighted by molar-refractivity contribution is -0.870. The van der Waals surface area contributed by atoms with E-state index in [1.54, 1.807) is 0 Å². The summed E-state index contributed by atoms with van der Waals surface area (Å²) in [5, 5.41) is 0. The van der Waals surface area contributed by atoms with Crippen LogP contribution in [0.4, 0.5) is 0 Å². The smallest absolute Gasteiger partial charge is 0.306 e. The third kappa shape index (κ3) is 44.1. The maximum Gasteiger partial charge on any atom is 0.306 e. The Morgan fingerprint density at radius 1 is 0.526 bits per heavy atom. The Labute approximate surface area is 352 Å². The van der Waals surface area contributed by atoms with Gasteiger partial charge in [0, 0.05) is 12.8 Å². The number of rotatable bonds is 44. The van der Waals surface area contributed by atoms with Crippen molar-refractivity contribution in [1.29, 1.82) is 0 Å². The normalized spacial score (nSPS) is 13.6. The first kappa shape index (κ1) is 55.8. The highest BCUT2D eigenvalue weighted by Crippen LogP contribution is 2.38. The lowest BCUT2D eigenvalue weighted by Gasteiger charge is -2.28. The molecule has 0 aromatic rings. The molecule has 0 amide bonds. The van der Waals surface area contributed by atoms with Crippen LogP contribution in [-0.2, 0) is 32.7 Å². The Morgan fingerprint density at radius 2 is 0.912 bits per heavy atom. The second-order valence-corrected chi connectivity index (χ2v) is 18.9. The molecule has 0 rings (SSSR count). The molecule has 9 nitrogen and oxygen atoms in total. The summed E-state index contributed by atoms with van der Waals surface area (Å²) in [6, 6.07) is 0. The number of hydrogen-bond acceptors (Lipinski definition) is 8. The average Bonchev–Trinajstić information content (AvgIpc) is 3.16. The summed E-state index contributed by atoms with van der Waals surface area (Å²) in [6.07, 6.45) is 42.3. The molecule has 0 radical (unpaired) electrons. The van der Waals surface area contributed by atoms with Crippen LogP contribution in [0, 0.1) is 0 Å². The van der Waals surface area contributed by atoms with E-state index >= 15 is 0 Å². The summed E-state index contributed by atoms with van der Waals surface area (Å²) in [7, 11) is 1.18. The van der Waals surface area contributed by atoms with Gasteiger partial charge in [-0.2, -0.15) is 0 Å². The Bertz CT molecular complexity index is 985. The maximum atomic E-state index is 12.7. The molecule has 10 heteroatoms. The number of phosphoric ester groups is 1. The summed E-state index contributed by atoms with van der Waals surface area (Å²) >= 11 is 0. The summed E-state index contributed by atoms with van der Waals surface area (Å²) in [5.74, 6) is -0.824. The van der Waals surface area contributed by atoms with Gasteiger partial charge in [0.1, 0.15) is 19.8 Å². The predicted octanol–water partition coefficient (Wildman–Crippen LogP) is 13.1. The fourth-order valence-electron chi connectivity index (χ4n) is 6.75. The zero-order valence-electron chi connectivity index (χ0n) is 38.1. The van der Waals surface area contributed by atoms with Crippen molar-refractivity contribution in [2.75, 3.05) is 47.5 Å². The molecule has 0 fully saturated rings. The molecular weight excluding hydrogens is 737 g/mol. The summed E-state index contributed by atoms with van der Waals surface area (Å²) in [5.41, 5.74) is 0. The minimum atomic E-state index is -4.62. The topological polar surface area (TPSA) is 111 Å². The maximum absolute atomic E-state index is 12.7. The molecule has 0 heterocycles. The third-order valence-electron chi connectivity index (χ3n) is 10.5. The van der Waals surface area contributed by atoms with E-state index < -0.39 is 26.5 Å². The fourth-order valence-corrected chi connectivity index (χ4v) is 7.48. The number of allylic oxidation sites excluding steroid dienone is 2. The Morgan fingerprint density at radius 3 is 1.35 bits per heavy atom.